The van der Waals surface area contributed by atoms with Gasteiger partial charge in [-0.3, -0.25) is 19.4 Å². The number of halogens is 1. The molecule has 0 spiro atoms. The van der Waals surface area contributed by atoms with E-state index in [2.05, 4.69) is 0 Å². The maximum Gasteiger partial charge on any atom is 0.266 e. The summed E-state index contributed by atoms with van der Waals surface area (Å²) in [6, 6.07) is 23.1. The lowest BCUT2D eigenvalue weighted by Gasteiger charge is -2.32. The van der Waals surface area contributed by atoms with Crippen LogP contribution in [0.5, 0.6) is 0 Å². The first kappa shape index (κ1) is 23.9. The van der Waals surface area contributed by atoms with Gasteiger partial charge in [0.25, 0.3) is 11.8 Å². The molecule has 3 aromatic carbocycles. The van der Waals surface area contributed by atoms with E-state index in [4.69, 9.17) is 23.8 Å². The molecule has 4 nitrogen and oxygen atoms in total. The molecule has 1 saturated heterocycles. The fourth-order valence-electron chi connectivity index (χ4n) is 3.90. The molecule has 8 heteroatoms. The molecular formula is C27H19ClN2O2S3. The molecule has 2 aliphatic rings. The summed E-state index contributed by atoms with van der Waals surface area (Å²) in [5.41, 5.74) is 3.44. The van der Waals surface area contributed by atoms with Crippen LogP contribution in [0.1, 0.15) is 12.5 Å². The van der Waals surface area contributed by atoms with E-state index in [9.17, 15) is 9.59 Å². The molecule has 0 aliphatic carbocycles. The number of rotatable bonds is 4. The van der Waals surface area contributed by atoms with Gasteiger partial charge in [-0.25, -0.2) is 0 Å². The molecule has 1 fully saturated rings. The molecule has 2 heterocycles. The van der Waals surface area contributed by atoms with Crippen LogP contribution in [0.4, 0.5) is 11.4 Å². The topological polar surface area (TPSA) is 40.6 Å². The van der Waals surface area contributed by atoms with Crippen LogP contribution in [0.2, 0.25) is 5.02 Å². The summed E-state index contributed by atoms with van der Waals surface area (Å²) in [5.74, 6) is -0.518. The normalized spacial score (nSPS) is 16.5. The molecule has 0 saturated carbocycles. The van der Waals surface area contributed by atoms with Crippen LogP contribution >= 0.6 is 47.3 Å². The average Bonchev–Trinajstić information content (AvgIpc) is 3.10. The second kappa shape index (κ2) is 10.0. The van der Waals surface area contributed by atoms with E-state index in [1.54, 1.807) is 22.7 Å². The molecule has 0 radical (unpaired) electrons. The van der Waals surface area contributed by atoms with Gasteiger partial charge >= 0.3 is 0 Å². The van der Waals surface area contributed by atoms with Gasteiger partial charge in [0, 0.05) is 14.8 Å². The van der Waals surface area contributed by atoms with Crippen LogP contribution in [-0.4, -0.2) is 27.6 Å². The second-order valence-corrected chi connectivity index (χ2v) is 11.2. The lowest BCUT2D eigenvalue weighted by atomic mass is 10.1. The van der Waals surface area contributed by atoms with Gasteiger partial charge in [0.1, 0.15) is 10.9 Å². The Morgan fingerprint density at radius 3 is 2.49 bits per heavy atom. The smallest absolute Gasteiger partial charge is 0.266 e. The summed E-state index contributed by atoms with van der Waals surface area (Å²) in [6.07, 6.45) is 3.82. The number of anilines is 2. The van der Waals surface area contributed by atoms with Crippen molar-refractivity contribution >= 4 is 80.9 Å². The first-order valence-electron chi connectivity index (χ1n) is 10.8. The van der Waals surface area contributed by atoms with Gasteiger partial charge in [0.2, 0.25) is 0 Å². The Kier molecular flexibility index (Phi) is 6.84. The molecule has 0 bridgehead atoms. The molecule has 3 aromatic rings. The number of fused-ring (bicyclic) bond motifs is 2. The standard InChI is InChI=1S/C27H19ClN2O2S3/c1-17(13-18-7-3-2-4-8-18)14-24-26(32)29(27(33)35-24)16-25(31)30-20-9-5-6-10-22(20)34-23-12-11-19(28)15-21(23)30/h2-15H,16H2,1H3. The van der Waals surface area contributed by atoms with Crippen LogP contribution in [-0.2, 0) is 9.59 Å². The van der Waals surface area contributed by atoms with Crippen molar-refractivity contribution in [2.24, 2.45) is 0 Å². The van der Waals surface area contributed by atoms with E-state index in [0.29, 0.717) is 19.9 Å². The first-order valence-corrected chi connectivity index (χ1v) is 13.2. The first-order chi connectivity index (χ1) is 16.9. The predicted octanol–water partition coefficient (Wildman–Crippen LogP) is 7.32. The Morgan fingerprint density at radius 2 is 1.69 bits per heavy atom. The van der Waals surface area contributed by atoms with Gasteiger partial charge in [-0.2, -0.15) is 0 Å². The number of hydrogen-bond donors (Lipinski definition) is 0. The van der Waals surface area contributed by atoms with Crippen molar-refractivity contribution in [2.75, 3.05) is 11.4 Å². The number of allylic oxidation sites excluding steroid dienone is 2. The molecule has 0 aromatic heterocycles. The Morgan fingerprint density at radius 1 is 0.971 bits per heavy atom. The van der Waals surface area contributed by atoms with Gasteiger partial charge in [-0.05, 0) is 54.5 Å². The second-order valence-electron chi connectivity index (χ2n) is 7.98. The minimum atomic E-state index is -0.264. The maximum atomic E-state index is 13.6. The van der Waals surface area contributed by atoms with Gasteiger partial charge in [-0.1, -0.05) is 95.9 Å². The highest BCUT2D eigenvalue weighted by molar-refractivity contribution is 8.26. The zero-order chi connectivity index (χ0) is 24.5. The fourth-order valence-corrected chi connectivity index (χ4v) is 6.41. The van der Waals surface area contributed by atoms with Crippen LogP contribution < -0.4 is 4.90 Å². The van der Waals surface area contributed by atoms with E-state index in [-0.39, 0.29) is 18.4 Å². The summed E-state index contributed by atoms with van der Waals surface area (Å²) in [7, 11) is 0. The van der Waals surface area contributed by atoms with E-state index < -0.39 is 0 Å². The third-order valence-electron chi connectivity index (χ3n) is 5.46. The summed E-state index contributed by atoms with van der Waals surface area (Å²) < 4.78 is 0.369. The average molecular weight is 535 g/mol. The molecular weight excluding hydrogens is 516 g/mol. The van der Waals surface area contributed by atoms with Crippen molar-refractivity contribution < 1.29 is 9.59 Å². The Balaban J connectivity index is 1.41. The number of thioether (sulfide) groups is 1. The van der Waals surface area contributed by atoms with Gasteiger partial charge < -0.3 is 0 Å². The monoisotopic (exact) mass is 534 g/mol. The maximum absolute atomic E-state index is 13.6. The number of carbonyl (C=O) groups is 2. The molecule has 5 rings (SSSR count). The molecule has 0 unspecified atom stereocenters. The lowest BCUT2D eigenvalue weighted by Crippen LogP contribution is -2.41. The zero-order valence-corrected chi connectivity index (χ0v) is 21.8. The highest BCUT2D eigenvalue weighted by Crippen LogP contribution is 2.49. The molecule has 174 valence electrons. The van der Waals surface area contributed by atoms with Crippen molar-refractivity contribution in [2.45, 2.75) is 16.7 Å². The molecule has 0 atom stereocenters. The third kappa shape index (κ3) is 4.95. The van der Waals surface area contributed by atoms with Crippen LogP contribution in [0.15, 0.2) is 99.1 Å². The number of para-hydroxylation sites is 1. The number of thiocarbonyl (C=S) groups is 1. The number of hydrogen-bond acceptors (Lipinski definition) is 5. The Hall–Kier alpha value is -2.84. The number of benzene rings is 3. The van der Waals surface area contributed by atoms with Crippen LogP contribution in [0, 0.1) is 0 Å². The summed E-state index contributed by atoms with van der Waals surface area (Å²) >= 11 is 14.6. The van der Waals surface area contributed by atoms with Crippen LogP contribution in [0.3, 0.4) is 0 Å². The largest absolute Gasteiger partial charge is 0.283 e. The van der Waals surface area contributed by atoms with Crippen molar-refractivity contribution in [3.63, 3.8) is 0 Å². The lowest BCUT2D eigenvalue weighted by molar-refractivity contribution is -0.127. The highest BCUT2D eigenvalue weighted by atomic mass is 35.5. The summed E-state index contributed by atoms with van der Waals surface area (Å²) in [5, 5.41) is 0.538. The molecule has 0 N–H and O–H groups in total. The zero-order valence-electron chi connectivity index (χ0n) is 18.6. The van der Waals surface area contributed by atoms with Crippen LogP contribution in [0.25, 0.3) is 6.08 Å². The van der Waals surface area contributed by atoms with Crippen molar-refractivity contribution in [1.82, 2.24) is 4.90 Å². The number of amides is 2. The SMILES string of the molecule is CC(=Cc1ccccc1)C=C1SC(=S)N(CC(=O)N2c3ccccc3Sc3ccc(Cl)cc32)C1=O. The third-order valence-corrected chi connectivity index (χ3v) is 8.20. The number of nitrogens with zero attached hydrogens (tertiary/aromatic N) is 2. The minimum absolute atomic E-state index is 0.158. The van der Waals surface area contributed by atoms with E-state index in [0.717, 1.165) is 26.6 Å². The van der Waals surface area contributed by atoms with E-state index in [1.807, 2.05) is 85.8 Å². The minimum Gasteiger partial charge on any atom is -0.283 e. The fraction of sp³-hybridized carbons (Fsp3) is 0.0741. The molecule has 2 aliphatic heterocycles. The van der Waals surface area contributed by atoms with Crippen molar-refractivity contribution in [3.8, 4) is 0 Å². The molecule has 2 amide bonds. The Labute approximate surface area is 222 Å². The van der Waals surface area contributed by atoms with E-state index in [1.165, 1.54) is 16.7 Å². The number of carbonyl (C=O) groups excluding carboxylic acids is 2. The van der Waals surface area contributed by atoms with Gasteiger partial charge in [-0.15, -0.1) is 0 Å². The van der Waals surface area contributed by atoms with Gasteiger partial charge in [0.15, 0.2) is 0 Å². The summed E-state index contributed by atoms with van der Waals surface area (Å²) in [6.45, 7) is 1.78. The Bertz CT molecular complexity index is 1420. The summed E-state index contributed by atoms with van der Waals surface area (Å²) in [4.78, 5) is 32.2. The highest BCUT2D eigenvalue weighted by Gasteiger charge is 2.36. The van der Waals surface area contributed by atoms with Crippen molar-refractivity contribution in [1.29, 1.82) is 0 Å². The predicted molar refractivity (Wildman–Crippen MR) is 149 cm³/mol. The van der Waals surface area contributed by atoms with E-state index >= 15 is 0 Å². The van der Waals surface area contributed by atoms with Crippen molar-refractivity contribution in [3.05, 3.63) is 99.9 Å². The molecule has 35 heavy (non-hydrogen) atoms. The van der Waals surface area contributed by atoms with Gasteiger partial charge in [0.05, 0.1) is 16.3 Å². The quantitative estimate of drug-likeness (QED) is 0.259.